The van der Waals surface area contributed by atoms with Crippen LogP contribution in [-0.4, -0.2) is 23.0 Å². The Kier molecular flexibility index (Phi) is 3.14. The van der Waals surface area contributed by atoms with Crippen molar-refractivity contribution in [1.82, 2.24) is 10.3 Å². The van der Waals surface area contributed by atoms with Gasteiger partial charge in [0.05, 0.1) is 0 Å². The van der Waals surface area contributed by atoms with E-state index in [1.807, 2.05) is 6.07 Å². The van der Waals surface area contributed by atoms with Gasteiger partial charge in [-0.2, -0.15) is 0 Å². The van der Waals surface area contributed by atoms with Gasteiger partial charge in [0.15, 0.2) is 0 Å². The molecule has 1 unspecified atom stereocenters. The highest BCUT2D eigenvalue weighted by Crippen LogP contribution is 2.29. The molecule has 1 aromatic rings. The number of pyridine rings is 1. The predicted molar refractivity (Wildman–Crippen MR) is 60.3 cm³/mol. The van der Waals surface area contributed by atoms with E-state index in [4.69, 9.17) is 0 Å². The number of hydrogen-bond donors (Lipinski definition) is 1. The minimum atomic E-state index is -0.463. The van der Waals surface area contributed by atoms with Crippen molar-refractivity contribution in [2.75, 3.05) is 13.1 Å². The van der Waals surface area contributed by atoms with Crippen molar-refractivity contribution < 1.29 is 4.92 Å². The maximum Gasteiger partial charge on any atom is 0.363 e. The van der Waals surface area contributed by atoms with E-state index in [1.165, 1.54) is 6.07 Å². The monoisotopic (exact) mass is 221 g/mol. The summed E-state index contributed by atoms with van der Waals surface area (Å²) in [6, 6.07) is 3.32. The van der Waals surface area contributed by atoms with Crippen LogP contribution in [0.5, 0.6) is 0 Å². The van der Waals surface area contributed by atoms with Gasteiger partial charge in [-0.15, -0.1) is 0 Å². The summed E-state index contributed by atoms with van der Waals surface area (Å²) in [5.74, 6) is 0.942. The molecule has 2 atom stereocenters. The van der Waals surface area contributed by atoms with Gasteiger partial charge in [0, 0.05) is 6.07 Å². The fourth-order valence-electron chi connectivity index (χ4n) is 2.23. The van der Waals surface area contributed by atoms with Crippen molar-refractivity contribution in [3.63, 3.8) is 0 Å². The fraction of sp³-hybridized carbons (Fsp3) is 0.545. The van der Waals surface area contributed by atoms with Crippen LogP contribution in [0.1, 0.15) is 24.8 Å². The van der Waals surface area contributed by atoms with Crippen molar-refractivity contribution in [2.45, 2.75) is 19.3 Å². The van der Waals surface area contributed by atoms with Gasteiger partial charge in [-0.1, -0.05) is 6.92 Å². The van der Waals surface area contributed by atoms with E-state index >= 15 is 0 Å². The van der Waals surface area contributed by atoms with Gasteiger partial charge in [0.1, 0.15) is 6.20 Å². The molecular formula is C11H15N3O2. The molecule has 0 radical (unpaired) electrons. The topological polar surface area (TPSA) is 68.1 Å². The molecule has 1 aliphatic heterocycles. The van der Waals surface area contributed by atoms with E-state index < -0.39 is 4.92 Å². The van der Waals surface area contributed by atoms with Gasteiger partial charge < -0.3 is 15.4 Å². The van der Waals surface area contributed by atoms with Crippen molar-refractivity contribution in [3.05, 3.63) is 34.0 Å². The van der Waals surface area contributed by atoms with Crippen LogP contribution in [0.2, 0.25) is 0 Å². The molecule has 1 aromatic heterocycles. The van der Waals surface area contributed by atoms with Gasteiger partial charge in [-0.05, 0) is 52.9 Å². The molecule has 1 fully saturated rings. The second kappa shape index (κ2) is 4.57. The third kappa shape index (κ3) is 2.19. The van der Waals surface area contributed by atoms with Gasteiger partial charge in [0.2, 0.25) is 0 Å². The highest BCUT2D eigenvalue weighted by atomic mass is 16.6. The van der Waals surface area contributed by atoms with Gasteiger partial charge in [-0.3, -0.25) is 0 Å². The summed E-state index contributed by atoms with van der Waals surface area (Å²) in [7, 11) is 0. The number of nitro groups is 1. The van der Waals surface area contributed by atoms with Crippen molar-refractivity contribution in [1.29, 1.82) is 0 Å². The van der Waals surface area contributed by atoms with E-state index in [1.54, 1.807) is 6.20 Å². The molecule has 0 aliphatic carbocycles. The first-order chi connectivity index (χ1) is 7.68. The first-order valence-electron chi connectivity index (χ1n) is 5.49. The van der Waals surface area contributed by atoms with Crippen LogP contribution >= 0.6 is 0 Å². The van der Waals surface area contributed by atoms with Crippen LogP contribution in [0, 0.1) is 16.0 Å². The predicted octanol–water partition coefficient (Wildman–Crippen LogP) is 1.70. The quantitative estimate of drug-likeness (QED) is 0.609. The van der Waals surface area contributed by atoms with E-state index in [0.29, 0.717) is 11.8 Å². The molecule has 1 aliphatic rings. The third-order valence-corrected chi connectivity index (χ3v) is 3.17. The number of aromatic nitrogens is 1. The lowest BCUT2D eigenvalue weighted by atomic mass is 9.83. The normalized spacial score (nSPS) is 25.3. The van der Waals surface area contributed by atoms with Gasteiger partial charge in [0.25, 0.3) is 0 Å². The Bertz CT molecular complexity index is 377. The molecule has 0 saturated carbocycles. The van der Waals surface area contributed by atoms with E-state index in [0.717, 1.165) is 25.1 Å². The minimum Gasteiger partial charge on any atom is -0.358 e. The molecule has 0 aromatic carbocycles. The van der Waals surface area contributed by atoms with E-state index in [-0.39, 0.29) is 5.82 Å². The Morgan fingerprint density at radius 1 is 1.56 bits per heavy atom. The maximum atomic E-state index is 10.5. The van der Waals surface area contributed by atoms with E-state index in [2.05, 4.69) is 17.2 Å². The average molecular weight is 221 g/mol. The standard InChI is InChI=1S/C11H15N3O2/c1-8-6-12-5-4-10(8)9-2-3-11(13-7-9)14(15)16/h2-3,7-8,10,12H,4-6H2,1H3/t8-,10?/m0/s1. The summed E-state index contributed by atoms with van der Waals surface area (Å²) in [5.41, 5.74) is 1.11. The van der Waals surface area contributed by atoms with Crippen LogP contribution in [0.25, 0.3) is 0 Å². The largest absolute Gasteiger partial charge is 0.363 e. The first-order valence-corrected chi connectivity index (χ1v) is 5.49. The molecule has 5 heteroatoms. The van der Waals surface area contributed by atoms with Crippen LogP contribution in [0.15, 0.2) is 18.3 Å². The average Bonchev–Trinajstić information content (AvgIpc) is 2.30. The highest BCUT2D eigenvalue weighted by molar-refractivity contribution is 5.26. The zero-order valence-electron chi connectivity index (χ0n) is 9.22. The lowest BCUT2D eigenvalue weighted by Gasteiger charge is -2.28. The molecule has 1 N–H and O–H groups in total. The Hall–Kier alpha value is -1.49. The van der Waals surface area contributed by atoms with Crippen molar-refractivity contribution >= 4 is 5.82 Å². The zero-order chi connectivity index (χ0) is 11.5. The Balaban J connectivity index is 2.17. The summed E-state index contributed by atoms with van der Waals surface area (Å²) in [5, 5.41) is 13.8. The van der Waals surface area contributed by atoms with Crippen LogP contribution < -0.4 is 5.32 Å². The summed E-state index contributed by atoms with van der Waals surface area (Å²) >= 11 is 0. The second-order valence-corrected chi connectivity index (χ2v) is 4.28. The lowest BCUT2D eigenvalue weighted by Crippen LogP contribution is -2.33. The van der Waals surface area contributed by atoms with Crippen LogP contribution in [-0.2, 0) is 0 Å². The molecule has 86 valence electrons. The fourth-order valence-corrected chi connectivity index (χ4v) is 2.23. The molecule has 1 saturated heterocycles. The summed E-state index contributed by atoms with van der Waals surface area (Å²) in [6.07, 6.45) is 2.71. The maximum absolute atomic E-state index is 10.5. The lowest BCUT2D eigenvalue weighted by molar-refractivity contribution is -0.389. The molecule has 5 nitrogen and oxygen atoms in total. The number of nitrogens with zero attached hydrogens (tertiary/aromatic N) is 2. The molecule has 16 heavy (non-hydrogen) atoms. The second-order valence-electron chi connectivity index (χ2n) is 4.28. The molecule has 0 bridgehead atoms. The van der Waals surface area contributed by atoms with Crippen LogP contribution in [0.4, 0.5) is 5.82 Å². The van der Waals surface area contributed by atoms with E-state index in [9.17, 15) is 10.1 Å². The Morgan fingerprint density at radius 3 is 2.94 bits per heavy atom. The van der Waals surface area contributed by atoms with Crippen LogP contribution in [0.3, 0.4) is 0 Å². The molecule has 0 amide bonds. The number of rotatable bonds is 2. The van der Waals surface area contributed by atoms with Crippen molar-refractivity contribution in [2.24, 2.45) is 5.92 Å². The molecular weight excluding hydrogens is 206 g/mol. The molecule has 2 rings (SSSR count). The molecule has 0 spiro atoms. The first kappa shape index (κ1) is 11.0. The number of hydrogen-bond acceptors (Lipinski definition) is 4. The Labute approximate surface area is 94.0 Å². The zero-order valence-corrected chi connectivity index (χ0v) is 9.22. The minimum absolute atomic E-state index is 0.0784. The summed E-state index contributed by atoms with van der Waals surface area (Å²) < 4.78 is 0. The smallest absolute Gasteiger partial charge is 0.358 e. The molecule has 2 heterocycles. The summed E-state index contributed by atoms with van der Waals surface area (Å²) in [6.45, 7) is 4.20. The number of piperidine rings is 1. The SMILES string of the molecule is C[C@H]1CNCCC1c1ccc([N+](=O)[O-])nc1. The third-order valence-electron chi connectivity index (χ3n) is 3.17. The van der Waals surface area contributed by atoms with Gasteiger partial charge >= 0.3 is 5.82 Å². The Morgan fingerprint density at radius 2 is 2.38 bits per heavy atom. The summed E-state index contributed by atoms with van der Waals surface area (Å²) in [4.78, 5) is 13.9. The van der Waals surface area contributed by atoms with Gasteiger partial charge in [-0.25, -0.2) is 0 Å². The van der Waals surface area contributed by atoms with Crippen molar-refractivity contribution in [3.8, 4) is 0 Å². The number of nitrogens with one attached hydrogen (secondary N) is 1. The highest BCUT2D eigenvalue weighted by Gasteiger charge is 2.24.